The number of hydrogen-bond acceptors (Lipinski definition) is 4. The lowest BCUT2D eigenvalue weighted by atomic mass is 10.00. The van der Waals surface area contributed by atoms with E-state index in [0.29, 0.717) is 19.6 Å². The molecule has 0 aliphatic carbocycles. The summed E-state index contributed by atoms with van der Waals surface area (Å²) in [5.41, 5.74) is 2.25. The molecule has 2 atom stereocenters. The maximum absolute atomic E-state index is 13.5. The largest absolute Gasteiger partial charge is 0.491 e. The van der Waals surface area contributed by atoms with Gasteiger partial charge in [-0.2, -0.15) is 0 Å². The predicted molar refractivity (Wildman–Crippen MR) is 130 cm³/mol. The second-order valence-electron chi connectivity index (χ2n) is 9.11. The van der Waals surface area contributed by atoms with Crippen LogP contribution in [0, 0.1) is 12.8 Å². The summed E-state index contributed by atoms with van der Waals surface area (Å²) in [7, 11) is 0. The van der Waals surface area contributed by atoms with Crippen LogP contribution in [0.2, 0.25) is 0 Å². The van der Waals surface area contributed by atoms with E-state index >= 15 is 0 Å². The van der Waals surface area contributed by atoms with Crippen molar-refractivity contribution >= 4 is 23.2 Å². The van der Waals surface area contributed by atoms with E-state index in [-0.39, 0.29) is 36.4 Å². The van der Waals surface area contributed by atoms with Crippen molar-refractivity contribution in [3.8, 4) is 5.75 Å². The summed E-state index contributed by atoms with van der Waals surface area (Å²) in [6.45, 7) is 11.4. The second kappa shape index (κ2) is 11.0. The maximum Gasteiger partial charge on any atom is 0.242 e. The van der Waals surface area contributed by atoms with Crippen LogP contribution in [0.4, 0.5) is 0 Å². The number of ether oxygens (including phenoxy) is 1. The number of thiophene rings is 1. The van der Waals surface area contributed by atoms with Gasteiger partial charge in [0.1, 0.15) is 18.9 Å². The van der Waals surface area contributed by atoms with E-state index in [1.807, 2.05) is 56.9 Å². The van der Waals surface area contributed by atoms with Gasteiger partial charge in [0.25, 0.3) is 0 Å². The molecule has 32 heavy (non-hydrogen) atoms. The molecule has 2 heterocycles. The van der Waals surface area contributed by atoms with Gasteiger partial charge in [-0.3, -0.25) is 9.59 Å². The Balaban J connectivity index is 1.79. The van der Waals surface area contributed by atoms with E-state index in [9.17, 15) is 9.59 Å². The van der Waals surface area contributed by atoms with Crippen LogP contribution in [0.1, 0.15) is 62.6 Å². The molecule has 174 valence electrons. The zero-order chi connectivity index (χ0) is 23.3. The second-order valence-corrected chi connectivity index (χ2v) is 10.1. The van der Waals surface area contributed by atoms with Crippen LogP contribution in [0.5, 0.6) is 5.75 Å². The van der Waals surface area contributed by atoms with E-state index < -0.39 is 0 Å². The molecule has 0 saturated heterocycles. The number of carbonyl (C=O) groups is 2. The summed E-state index contributed by atoms with van der Waals surface area (Å²) in [5, 5.41) is 2.09. The summed E-state index contributed by atoms with van der Waals surface area (Å²) in [5.74, 6) is 1.17. The Morgan fingerprint density at radius 3 is 2.66 bits per heavy atom. The molecule has 0 spiro atoms. The molecule has 0 bridgehead atoms. The molecule has 3 rings (SSSR count). The molecule has 2 aromatic rings. The van der Waals surface area contributed by atoms with Gasteiger partial charge in [0.05, 0.1) is 6.04 Å². The Bertz CT molecular complexity index is 923. The lowest BCUT2D eigenvalue weighted by Crippen LogP contribution is -2.50. The molecule has 0 saturated carbocycles. The van der Waals surface area contributed by atoms with Gasteiger partial charge in [-0.15, -0.1) is 11.3 Å². The highest BCUT2D eigenvalue weighted by atomic mass is 32.1. The van der Waals surface area contributed by atoms with Crippen molar-refractivity contribution in [3.05, 3.63) is 51.7 Å². The molecule has 0 N–H and O–H groups in total. The van der Waals surface area contributed by atoms with Gasteiger partial charge < -0.3 is 14.5 Å². The fourth-order valence-electron chi connectivity index (χ4n) is 4.17. The molecular formula is C26H36N2O3S. The number of aryl methyl sites for hydroxylation is 1. The number of para-hydroxylation sites is 1. The van der Waals surface area contributed by atoms with Crippen LogP contribution >= 0.6 is 11.3 Å². The van der Waals surface area contributed by atoms with Crippen LogP contribution in [0.3, 0.4) is 0 Å². The van der Waals surface area contributed by atoms with Gasteiger partial charge in [0.15, 0.2) is 0 Å². The van der Waals surface area contributed by atoms with Crippen molar-refractivity contribution < 1.29 is 14.3 Å². The monoisotopic (exact) mass is 456 g/mol. The predicted octanol–water partition coefficient (Wildman–Crippen LogP) is 5.23. The quantitative estimate of drug-likeness (QED) is 0.519. The first-order chi connectivity index (χ1) is 15.3. The Kier molecular flexibility index (Phi) is 8.35. The maximum atomic E-state index is 13.5. The molecule has 1 aliphatic rings. The number of carbonyl (C=O) groups excluding carboxylic acids is 2. The lowest BCUT2D eigenvalue weighted by molar-refractivity contribution is -0.144. The van der Waals surface area contributed by atoms with Gasteiger partial charge >= 0.3 is 0 Å². The molecule has 6 heteroatoms. The molecule has 1 aromatic carbocycles. The number of amides is 2. The van der Waals surface area contributed by atoms with E-state index in [4.69, 9.17) is 4.74 Å². The number of benzene rings is 1. The average molecular weight is 457 g/mol. The Morgan fingerprint density at radius 2 is 1.97 bits per heavy atom. The Labute approximate surface area is 196 Å². The SMILES string of the molecule is CC[C@@H](C)N(CC(=O)N1CCc2sccc2[C@@H]1COc1ccccc1C)C(=O)CC(C)C. The lowest BCUT2D eigenvalue weighted by Gasteiger charge is -2.38. The minimum atomic E-state index is -0.143. The highest BCUT2D eigenvalue weighted by Crippen LogP contribution is 2.34. The smallest absolute Gasteiger partial charge is 0.242 e. The fraction of sp³-hybridized carbons (Fsp3) is 0.538. The fourth-order valence-corrected chi connectivity index (χ4v) is 5.10. The molecule has 1 aromatic heterocycles. The average Bonchev–Trinajstić information content (AvgIpc) is 3.24. The molecule has 5 nitrogen and oxygen atoms in total. The van der Waals surface area contributed by atoms with Gasteiger partial charge in [0.2, 0.25) is 11.8 Å². The molecular weight excluding hydrogens is 420 g/mol. The van der Waals surface area contributed by atoms with E-state index in [0.717, 1.165) is 24.2 Å². The molecule has 0 fully saturated rings. The Morgan fingerprint density at radius 1 is 1.22 bits per heavy atom. The molecule has 0 unspecified atom stereocenters. The van der Waals surface area contributed by atoms with Gasteiger partial charge in [-0.05, 0) is 61.2 Å². The van der Waals surface area contributed by atoms with Crippen molar-refractivity contribution in [2.75, 3.05) is 19.7 Å². The van der Waals surface area contributed by atoms with Crippen LogP contribution < -0.4 is 4.74 Å². The molecule has 1 aliphatic heterocycles. The van der Waals surface area contributed by atoms with E-state index in [1.54, 1.807) is 16.2 Å². The number of rotatable bonds is 9. The van der Waals surface area contributed by atoms with Crippen molar-refractivity contribution in [1.82, 2.24) is 9.80 Å². The summed E-state index contributed by atoms with van der Waals surface area (Å²) < 4.78 is 6.19. The third-order valence-corrected chi connectivity index (χ3v) is 7.23. The third kappa shape index (κ3) is 5.71. The minimum Gasteiger partial charge on any atom is -0.491 e. The summed E-state index contributed by atoms with van der Waals surface area (Å²) in [6, 6.07) is 9.96. The normalized spacial score (nSPS) is 16.6. The van der Waals surface area contributed by atoms with Crippen LogP contribution in [-0.2, 0) is 16.0 Å². The first-order valence-corrected chi connectivity index (χ1v) is 12.5. The Hall–Kier alpha value is -2.34. The minimum absolute atomic E-state index is 0.00219. The summed E-state index contributed by atoms with van der Waals surface area (Å²) >= 11 is 1.74. The van der Waals surface area contributed by atoms with Crippen molar-refractivity contribution in [2.45, 2.75) is 66.0 Å². The first kappa shape index (κ1) is 24.3. The summed E-state index contributed by atoms with van der Waals surface area (Å²) in [4.78, 5) is 31.4. The van der Waals surface area contributed by atoms with Gasteiger partial charge in [0, 0.05) is 23.9 Å². The van der Waals surface area contributed by atoms with E-state index in [1.165, 1.54) is 10.4 Å². The standard InChI is InChI=1S/C26H36N2O3S/c1-6-20(5)28(25(29)15-18(2)3)16-26(30)27-13-11-24-21(12-14-32-24)22(27)17-31-23-10-8-7-9-19(23)4/h7-10,12,14,18,20,22H,6,11,13,15-17H2,1-5H3/t20-,22+/m1/s1. The van der Waals surface area contributed by atoms with Gasteiger partial charge in [-0.1, -0.05) is 39.0 Å². The van der Waals surface area contributed by atoms with Gasteiger partial charge in [-0.25, -0.2) is 0 Å². The van der Waals surface area contributed by atoms with Crippen LogP contribution in [-0.4, -0.2) is 47.4 Å². The van der Waals surface area contributed by atoms with Crippen molar-refractivity contribution in [1.29, 1.82) is 0 Å². The molecule has 0 radical (unpaired) electrons. The zero-order valence-electron chi connectivity index (χ0n) is 20.0. The van der Waals surface area contributed by atoms with E-state index in [2.05, 4.69) is 18.4 Å². The number of fused-ring (bicyclic) bond motifs is 1. The van der Waals surface area contributed by atoms with Crippen molar-refractivity contribution in [3.63, 3.8) is 0 Å². The third-order valence-electron chi connectivity index (χ3n) is 6.24. The van der Waals surface area contributed by atoms with Crippen LogP contribution in [0.25, 0.3) is 0 Å². The van der Waals surface area contributed by atoms with Crippen LogP contribution in [0.15, 0.2) is 35.7 Å². The molecule has 2 amide bonds. The highest BCUT2D eigenvalue weighted by molar-refractivity contribution is 7.10. The van der Waals surface area contributed by atoms with Crippen molar-refractivity contribution in [2.24, 2.45) is 5.92 Å². The zero-order valence-corrected chi connectivity index (χ0v) is 20.8. The topological polar surface area (TPSA) is 49.9 Å². The first-order valence-electron chi connectivity index (χ1n) is 11.6. The summed E-state index contributed by atoms with van der Waals surface area (Å²) in [6.07, 6.45) is 2.14. The number of nitrogens with zero attached hydrogens (tertiary/aromatic N) is 2. The highest BCUT2D eigenvalue weighted by Gasteiger charge is 2.34. The number of hydrogen-bond donors (Lipinski definition) is 0.